The molecule has 0 saturated carbocycles. The Balaban J connectivity index is 1.60. The van der Waals surface area contributed by atoms with Gasteiger partial charge in [-0.1, -0.05) is 65.1 Å². The molecule has 0 fully saturated rings. The van der Waals surface area contributed by atoms with Crippen molar-refractivity contribution in [2.75, 3.05) is 5.32 Å². The third kappa shape index (κ3) is 6.46. The fourth-order valence-electron chi connectivity index (χ4n) is 2.47. The average Bonchev–Trinajstić information content (AvgIpc) is 2.75. The number of hydrogen-bond donors (Lipinski definition) is 2. The summed E-state index contributed by atoms with van der Waals surface area (Å²) < 4.78 is 5.82. The van der Waals surface area contributed by atoms with Gasteiger partial charge in [0.2, 0.25) is 0 Å². The van der Waals surface area contributed by atoms with Crippen molar-refractivity contribution < 1.29 is 14.3 Å². The van der Waals surface area contributed by atoms with Crippen molar-refractivity contribution in [3.63, 3.8) is 0 Å². The molecule has 2 N–H and O–H groups in total. The van der Waals surface area contributed by atoms with E-state index in [4.69, 9.17) is 39.5 Å². The molecule has 6 nitrogen and oxygen atoms in total. The molecule has 0 radical (unpaired) electrons. The predicted molar refractivity (Wildman–Crippen MR) is 123 cm³/mol. The number of benzene rings is 3. The lowest BCUT2D eigenvalue weighted by atomic mass is 10.2. The molecule has 2 amide bonds. The molecule has 0 heterocycles. The number of ether oxygens (including phenoxy) is 1. The summed E-state index contributed by atoms with van der Waals surface area (Å²) in [6.45, 7) is 0.216. The second kappa shape index (κ2) is 10.8. The SMILES string of the molecule is O=C(N/N=C\c1ccccc1OCc1ccc(Cl)cc1Cl)C(=O)Nc1ccccc1Cl. The third-order valence-corrected chi connectivity index (χ3v) is 4.93. The van der Waals surface area contributed by atoms with Gasteiger partial charge in [-0.05, 0) is 36.4 Å². The van der Waals surface area contributed by atoms with Crippen LogP contribution < -0.4 is 15.5 Å². The molecule has 31 heavy (non-hydrogen) atoms. The molecule has 0 unspecified atom stereocenters. The Hall–Kier alpha value is -3.06. The standard InChI is InChI=1S/C22H16Cl3N3O3/c23-16-10-9-15(18(25)11-16)13-31-20-8-4-1-5-14(20)12-26-28-22(30)21(29)27-19-7-3-2-6-17(19)24/h1-12H,13H2,(H,27,29)(H,28,30)/b26-12-. The lowest BCUT2D eigenvalue weighted by Crippen LogP contribution is -2.32. The van der Waals surface area contributed by atoms with Crippen LogP contribution in [-0.2, 0) is 16.2 Å². The number of carbonyl (C=O) groups is 2. The molecule has 0 spiro atoms. The second-order valence-corrected chi connectivity index (χ2v) is 7.45. The van der Waals surface area contributed by atoms with E-state index in [2.05, 4.69) is 15.8 Å². The first-order valence-electron chi connectivity index (χ1n) is 8.98. The predicted octanol–water partition coefficient (Wildman–Crippen LogP) is 5.31. The van der Waals surface area contributed by atoms with E-state index < -0.39 is 11.8 Å². The van der Waals surface area contributed by atoms with Crippen LogP contribution in [0, 0.1) is 0 Å². The van der Waals surface area contributed by atoms with Crippen molar-refractivity contribution in [1.82, 2.24) is 5.43 Å². The van der Waals surface area contributed by atoms with Crippen LogP contribution in [0.25, 0.3) is 0 Å². The summed E-state index contributed by atoms with van der Waals surface area (Å²) in [5.41, 5.74) is 3.86. The number of hydrogen-bond acceptors (Lipinski definition) is 4. The largest absolute Gasteiger partial charge is 0.488 e. The highest BCUT2D eigenvalue weighted by Gasteiger charge is 2.14. The number of amides is 2. The zero-order chi connectivity index (χ0) is 22.2. The number of para-hydroxylation sites is 2. The zero-order valence-corrected chi connectivity index (χ0v) is 18.2. The summed E-state index contributed by atoms with van der Waals surface area (Å²) >= 11 is 18.0. The van der Waals surface area contributed by atoms with Crippen LogP contribution in [0.15, 0.2) is 71.8 Å². The van der Waals surface area contributed by atoms with Gasteiger partial charge in [0.25, 0.3) is 0 Å². The third-order valence-electron chi connectivity index (χ3n) is 4.02. The van der Waals surface area contributed by atoms with Gasteiger partial charge in [-0.15, -0.1) is 0 Å². The van der Waals surface area contributed by atoms with E-state index >= 15 is 0 Å². The number of anilines is 1. The molecule has 3 aromatic carbocycles. The minimum absolute atomic E-state index is 0.216. The van der Waals surface area contributed by atoms with Crippen LogP contribution in [0.4, 0.5) is 5.69 Å². The summed E-state index contributed by atoms with van der Waals surface area (Å²) in [5.74, 6) is -1.32. The minimum atomic E-state index is -0.942. The first-order chi connectivity index (χ1) is 14.9. The van der Waals surface area contributed by atoms with Crippen molar-refractivity contribution in [3.05, 3.63) is 92.9 Å². The van der Waals surface area contributed by atoms with Crippen molar-refractivity contribution in [3.8, 4) is 5.75 Å². The maximum absolute atomic E-state index is 12.0. The van der Waals surface area contributed by atoms with Crippen LogP contribution in [0.3, 0.4) is 0 Å². The van der Waals surface area contributed by atoms with E-state index in [0.29, 0.717) is 32.1 Å². The molecular weight excluding hydrogens is 461 g/mol. The lowest BCUT2D eigenvalue weighted by Gasteiger charge is -2.10. The van der Waals surface area contributed by atoms with Crippen molar-refractivity contribution in [2.45, 2.75) is 6.61 Å². The van der Waals surface area contributed by atoms with Crippen LogP contribution in [0.5, 0.6) is 5.75 Å². The molecule has 158 valence electrons. The van der Waals surface area contributed by atoms with Gasteiger partial charge in [-0.2, -0.15) is 5.10 Å². The highest BCUT2D eigenvalue weighted by Crippen LogP contribution is 2.24. The van der Waals surface area contributed by atoms with Gasteiger partial charge in [0.15, 0.2) is 0 Å². The van der Waals surface area contributed by atoms with Crippen LogP contribution >= 0.6 is 34.8 Å². The zero-order valence-electron chi connectivity index (χ0n) is 15.9. The Morgan fingerprint density at radius 2 is 1.65 bits per heavy atom. The van der Waals surface area contributed by atoms with Gasteiger partial charge in [0.05, 0.1) is 16.9 Å². The van der Waals surface area contributed by atoms with E-state index in [1.54, 1.807) is 66.7 Å². The van der Waals surface area contributed by atoms with Crippen molar-refractivity contribution in [1.29, 1.82) is 0 Å². The van der Waals surface area contributed by atoms with Crippen molar-refractivity contribution in [2.24, 2.45) is 5.10 Å². The van der Waals surface area contributed by atoms with Gasteiger partial charge in [0.1, 0.15) is 12.4 Å². The molecule has 3 aromatic rings. The average molecular weight is 477 g/mol. The van der Waals surface area contributed by atoms with Crippen LogP contribution in [-0.4, -0.2) is 18.0 Å². The number of rotatable bonds is 6. The number of nitrogens with zero attached hydrogens (tertiary/aromatic N) is 1. The maximum Gasteiger partial charge on any atom is 0.329 e. The van der Waals surface area contributed by atoms with Gasteiger partial charge >= 0.3 is 11.8 Å². The first kappa shape index (κ1) is 22.6. The highest BCUT2D eigenvalue weighted by molar-refractivity contribution is 6.41. The summed E-state index contributed by atoms with van der Waals surface area (Å²) in [4.78, 5) is 24.0. The number of hydrazone groups is 1. The summed E-state index contributed by atoms with van der Waals surface area (Å²) in [6, 6.07) is 18.8. The highest BCUT2D eigenvalue weighted by atomic mass is 35.5. The Morgan fingerprint density at radius 3 is 2.42 bits per heavy atom. The van der Waals surface area contributed by atoms with E-state index in [1.165, 1.54) is 6.21 Å². The van der Waals surface area contributed by atoms with Crippen LogP contribution in [0.2, 0.25) is 15.1 Å². The number of carbonyl (C=O) groups excluding carboxylic acids is 2. The van der Waals surface area contributed by atoms with E-state index in [1.807, 2.05) is 0 Å². The molecule has 0 aliphatic rings. The summed E-state index contributed by atoms with van der Waals surface area (Å²) in [5, 5.41) is 7.60. The van der Waals surface area contributed by atoms with Gasteiger partial charge in [-0.3, -0.25) is 9.59 Å². The molecule has 0 atom stereocenters. The van der Waals surface area contributed by atoms with E-state index in [0.717, 1.165) is 5.56 Å². The van der Waals surface area contributed by atoms with Crippen LogP contribution in [0.1, 0.15) is 11.1 Å². The second-order valence-electron chi connectivity index (χ2n) is 6.20. The molecule has 0 aliphatic heterocycles. The Morgan fingerprint density at radius 1 is 0.903 bits per heavy atom. The van der Waals surface area contributed by atoms with Crippen molar-refractivity contribution >= 4 is 58.5 Å². The normalized spacial score (nSPS) is 10.7. The Labute approximate surface area is 193 Å². The maximum atomic E-state index is 12.0. The van der Waals surface area contributed by atoms with E-state index in [9.17, 15) is 9.59 Å². The summed E-state index contributed by atoms with van der Waals surface area (Å²) in [6.07, 6.45) is 1.37. The Bertz CT molecular complexity index is 1140. The molecule has 9 heteroatoms. The van der Waals surface area contributed by atoms with Gasteiger partial charge in [-0.25, -0.2) is 5.43 Å². The molecular formula is C22H16Cl3N3O3. The Kier molecular flexibility index (Phi) is 7.89. The monoisotopic (exact) mass is 475 g/mol. The lowest BCUT2D eigenvalue weighted by molar-refractivity contribution is -0.136. The molecule has 3 rings (SSSR count). The topological polar surface area (TPSA) is 79.8 Å². The molecule has 0 bridgehead atoms. The number of halogens is 3. The first-order valence-corrected chi connectivity index (χ1v) is 10.1. The quantitative estimate of drug-likeness (QED) is 0.287. The fraction of sp³-hybridized carbons (Fsp3) is 0.0455. The summed E-state index contributed by atoms with van der Waals surface area (Å²) in [7, 11) is 0. The molecule has 0 saturated heterocycles. The van der Waals surface area contributed by atoms with Gasteiger partial charge < -0.3 is 10.1 Å². The molecule has 0 aromatic heterocycles. The van der Waals surface area contributed by atoms with Gasteiger partial charge in [0, 0.05) is 21.2 Å². The molecule has 0 aliphatic carbocycles. The smallest absolute Gasteiger partial charge is 0.329 e. The number of nitrogens with one attached hydrogen (secondary N) is 2. The van der Waals surface area contributed by atoms with E-state index in [-0.39, 0.29) is 6.61 Å². The fourth-order valence-corrected chi connectivity index (χ4v) is 3.11. The minimum Gasteiger partial charge on any atom is -0.488 e.